The van der Waals surface area contributed by atoms with Gasteiger partial charge in [0, 0.05) is 6.54 Å². The first-order valence-corrected chi connectivity index (χ1v) is 4.41. The van der Waals surface area contributed by atoms with Gasteiger partial charge in [-0.2, -0.15) is 0 Å². The van der Waals surface area contributed by atoms with E-state index >= 15 is 0 Å². The van der Waals surface area contributed by atoms with E-state index < -0.39 is 6.10 Å². The van der Waals surface area contributed by atoms with Gasteiger partial charge >= 0.3 is 0 Å². The molecule has 0 fully saturated rings. The average molecular weight is 217 g/mol. The molecule has 0 aromatic heterocycles. The van der Waals surface area contributed by atoms with Crippen LogP contribution in [0.15, 0.2) is 24.3 Å². The molecule has 0 aliphatic heterocycles. The third-order valence-corrected chi connectivity index (χ3v) is 1.84. The van der Waals surface area contributed by atoms with Gasteiger partial charge in [0.15, 0.2) is 0 Å². The Kier molecular flexibility index (Phi) is 6.28. The number of hydrogen-bond acceptors (Lipinski definition) is 3. The number of aliphatic hydroxyl groups is 1. The smallest absolute Gasteiger partial charge is 0.115 e. The number of aliphatic hydroxyl groups excluding tert-OH is 1. The van der Waals surface area contributed by atoms with E-state index in [9.17, 15) is 5.11 Å². The summed E-state index contributed by atoms with van der Waals surface area (Å²) < 4.78 is 0. The molecule has 0 amide bonds. The number of rotatable bonds is 4. The Balaban J connectivity index is 0.00000169. The molecule has 1 rings (SSSR count). The lowest BCUT2D eigenvalue weighted by molar-refractivity contribution is -0.00000537. The molecule has 0 saturated heterocycles. The summed E-state index contributed by atoms with van der Waals surface area (Å²) in [6.07, 6.45) is -0.549. The SMILES string of the molecule is CCNCC(O)c1cccc(O)c1.[Cl-]. The highest BCUT2D eigenvalue weighted by molar-refractivity contribution is 5.28. The second kappa shape index (κ2) is 6.65. The second-order valence-corrected chi connectivity index (χ2v) is 2.92. The zero-order chi connectivity index (χ0) is 9.68. The Hall–Kier alpha value is -0.770. The van der Waals surface area contributed by atoms with Crippen molar-refractivity contribution in [1.82, 2.24) is 5.32 Å². The van der Waals surface area contributed by atoms with Gasteiger partial charge in [-0.05, 0) is 24.2 Å². The largest absolute Gasteiger partial charge is 1.00 e. The maximum absolute atomic E-state index is 9.60. The van der Waals surface area contributed by atoms with E-state index in [0.717, 1.165) is 12.1 Å². The van der Waals surface area contributed by atoms with Gasteiger partial charge in [-0.1, -0.05) is 19.1 Å². The standard InChI is InChI=1S/C10H15NO2.ClH/c1-2-11-7-10(13)8-4-3-5-9(12)6-8;/h3-6,10-13H,2,7H2,1H3;1H/p-1. The summed E-state index contributed by atoms with van der Waals surface area (Å²) >= 11 is 0. The maximum atomic E-state index is 9.60. The molecular weight excluding hydrogens is 202 g/mol. The van der Waals surface area contributed by atoms with Crippen LogP contribution in [-0.4, -0.2) is 23.3 Å². The van der Waals surface area contributed by atoms with E-state index in [4.69, 9.17) is 5.11 Å². The van der Waals surface area contributed by atoms with Crippen molar-refractivity contribution in [3.63, 3.8) is 0 Å². The van der Waals surface area contributed by atoms with Crippen LogP contribution in [0.5, 0.6) is 5.75 Å². The minimum absolute atomic E-state index is 0. The highest BCUT2D eigenvalue weighted by Crippen LogP contribution is 2.17. The van der Waals surface area contributed by atoms with Crippen molar-refractivity contribution in [2.75, 3.05) is 13.1 Å². The molecule has 1 aromatic carbocycles. The first-order chi connectivity index (χ1) is 6.24. The van der Waals surface area contributed by atoms with Crippen molar-refractivity contribution in [3.05, 3.63) is 29.8 Å². The van der Waals surface area contributed by atoms with Crippen LogP contribution < -0.4 is 17.7 Å². The predicted molar refractivity (Wildman–Crippen MR) is 51.6 cm³/mol. The lowest BCUT2D eigenvalue weighted by Crippen LogP contribution is -3.00. The van der Waals surface area contributed by atoms with Gasteiger partial charge in [-0.3, -0.25) is 0 Å². The van der Waals surface area contributed by atoms with Crippen molar-refractivity contribution >= 4 is 0 Å². The van der Waals surface area contributed by atoms with Crippen molar-refractivity contribution in [2.24, 2.45) is 0 Å². The fraction of sp³-hybridized carbons (Fsp3) is 0.400. The van der Waals surface area contributed by atoms with Crippen LogP contribution in [0.4, 0.5) is 0 Å². The monoisotopic (exact) mass is 216 g/mol. The van der Waals surface area contributed by atoms with Gasteiger partial charge in [0.05, 0.1) is 6.10 Å². The minimum atomic E-state index is -0.549. The van der Waals surface area contributed by atoms with Crippen molar-refractivity contribution in [2.45, 2.75) is 13.0 Å². The van der Waals surface area contributed by atoms with E-state index in [2.05, 4.69) is 5.32 Å². The molecule has 3 nitrogen and oxygen atoms in total. The quantitative estimate of drug-likeness (QED) is 0.548. The minimum Gasteiger partial charge on any atom is -1.00 e. The lowest BCUT2D eigenvalue weighted by Gasteiger charge is -2.11. The number of phenols is 1. The Bertz CT molecular complexity index is 268. The first-order valence-electron chi connectivity index (χ1n) is 4.41. The van der Waals surface area contributed by atoms with Crippen LogP contribution in [0.25, 0.3) is 0 Å². The molecule has 1 aromatic rings. The number of phenolic OH excluding ortho intramolecular Hbond substituents is 1. The molecule has 0 saturated carbocycles. The molecule has 3 N–H and O–H groups in total. The Morgan fingerprint density at radius 2 is 2.14 bits per heavy atom. The molecule has 0 heterocycles. The zero-order valence-corrected chi connectivity index (χ0v) is 8.83. The second-order valence-electron chi connectivity index (χ2n) is 2.92. The molecule has 1 unspecified atom stereocenters. The van der Waals surface area contributed by atoms with Crippen LogP contribution in [0.2, 0.25) is 0 Å². The summed E-state index contributed by atoms with van der Waals surface area (Å²) in [7, 11) is 0. The van der Waals surface area contributed by atoms with Gasteiger partial charge in [0.2, 0.25) is 0 Å². The fourth-order valence-electron chi connectivity index (χ4n) is 1.13. The molecule has 14 heavy (non-hydrogen) atoms. The highest BCUT2D eigenvalue weighted by Gasteiger charge is 2.06. The molecule has 0 bridgehead atoms. The molecule has 0 spiro atoms. The van der Waals surface area contributed by atoms with Crippen LogP contribution >= 0.6 is 0 Å². The summed E-state index contributed by atoms with van der Waals surface area (Å²) in [6.45, 7) is 3.32. The lowest BCUT2D eigenvalue weighted by atomic mass is 10.1. The van der Waals surface area contributed by atoms with E-state index in [1.807, 2.05) is 6.92 Å². The van der Waals surface area contributed by atoms with Crippen molar-refractivity contribution < 1.29 is 22.6 Å². The molecule has 1 atom stereocenters. The summed E-state index contributed by atoms with van der Waals surface area (Å²) in [5.41, 5.74) is 0.737. The molecule has 0 aliphatic rings. The average Bonchev–Trinajstić information content (AvgIpc) is 2.14. The van der Waals surface area contributed by atoms with E-state index in [1.165, 1.54) is 0 Å². The van der Waals surface area contributed by atoms with Crippen LogP contribution in [0, 0.1) is 0 Å². The molecule has 0 radical (unpaired) electrons. The van der Waals surface area contributed by atoms with Gasteiger partial charge in [-0.15, -0.1) is 0 Å². The van der Waals surface area contributed by atoms with Crippen LogP contribution in [0.1, 0.15) is 18.6 Å². The molecule has 4 heteroatoms. The van der Waals surface area contributed by atoms with E-state index in [0.29, 0.717) is 6.54 Å². The predicted octanol–water partition coefficient (Wildman–Crippen LogP) is -1.96. The number of hydrogen-bond donors (Lipinski definition) is 3. The zero-order valence-electron chi connectivity index (χ0n) is 8.07. The number of aromatic hydroxyl groups is 1. The van der Waals surface area contributed by atoms with Crippen molar-refractivity contribution in [3.8, 4) is 5.75 Å². The maximum Gasteiger partial charge on any atom is 0.115 e. The Morgan fingerprint density at radius 1 is 1.43 bits per heavy atom. The summed E-state index contributed by atoms with van der Waals surface area (Å²) in [5, 5.41) is 21.8. The summed E-state index contributed by atoms with van der Waals surface area (Å²) in [6, 6.07) is 6.67. The first kappa shape index (κ1) is 13.2. The van der Waals surface area contributed by atoms with Gasteiger partial charge < -0.3 is 27.9 Å². The van der Waals surface area contributed by atoms with E-state index in [1.54, 1.807) is 24.3 Å². The number of likely N-dealkylation sites (N-methyl/N-ethyl adjacent to an activating group) is 1. The van der Waals surface area contributed by atoms with Gasteiger partial charge in [-0.25, -0.2) is 0 Å². The number of nitrogens with one attached hydrogen (secondary N) is 1. The van der Waals surface area contributed by atoms with Crippen molar-refractivity contribution in [1.29, 1.82) is 0 Å². The van der Waals surface area contributed by atoms with Crippen LogP contribution in [-0.2, 0) is 0 Å². The summed E-state index contributed by atoms with van der Waals surface area (Å²) in [4.78, 5) is 0. The number of benzene rings is 1. The van der Waals surface area contributed by atoms with E-state index in [-0.39, 0.29) is 18.2 Å². The molecular formula is C10H15ClNO2-. The van der Waals surface area contributed by atoms with Gasteiger partial charge in [0.1, 0.15) is 5.75 Å². The molecule has 0 aliphatic carbocycles. The number of halogens is 1. The van der Waals surface area contributed by atoms with Gasteiger partial charge in [0.25, 0.3) is 0 Å². The Labute approximate surface area is 90.2 Å². The third kappa shape index (κ3) is 3.96. The van der Waals surface area contributed by atoms with Crippen LogP contribution in [0.3, 0.4) is 0 Å². The topological polar surface area (TPSA) is 52.5 Å². The molecule has 80 valence electrons. The Morgan fingerprint density at radius 3 is 2.71 bits per heavy atom. The normalized spacial score (nSPS) is 11.9. The third-order valence-electron chi connectivity index (χ3n) is 1.84. The summed E-state index contributed by atoms with van der Waals surface area (Å²) in [5.74, 6) is 0.188. The fourth-order valence-corrected chi connectivity index (χ4v) is 1.13. The highest BCUT2D eigenvalue weighted by atomic mass is 35.5.